The van der Waals surface area contributed by atoms with Gasteiger partial charge in [-0.2, -0.15) is 0 Å². The third-order valence-corrected chi connectivity index (χ3v) is 2.77. The highest BCUT2D eigenvalue weighted by Gasteiger charge is 2.23. The highest BCUT2D eigenvalue weighted by molar-refractivity contribution is 5.70. The molecule has 2 heteroatoms. The highest BCUT2D eigenvalue weighted by atomic mass is 16.4. The van der Waals surface area contributed by atoms with E-state index in [0.717, 1.165) is 12.8 Å². The lowest BCUT2D eigenvalue weighted by atomic mass is 9.83. The molecule has 1 atom stereocenters. The summed E-state index contributed by atoms with van der Waals surface area (Å²) in [6.07, 6.45) is 10.4. The molecule has 0 saturated carbocycles. The lowest BCUT2D eigenvalue weighted by Crippen LogP contribution is -2.20. The summed E-state index contributed by atoms with van der Waals surface area (Å²) in [5.74, 6) is -0.907. The van der Waals surface area contributed by atoms with E-state index in [9.17, 15) is 4.79 Å². The van der Waals surface area contributed by atoms with Gasteiger partial charge in [0, 0.05) is 0 Å². The summed E-state index contributed by atoms with van der Waals surface area (Å²) in [4.78, 5) is 11.1. The molecule has 0 rings (SSSR count). The lowest BCUT2D eigenvalue weighted by molar-refractivity contribution is -0.142. The highest BCUT2D eigenvalue weighted by Crippen LogP contribution is 2.26. The van der Waals surface area contributed by atoms with Crippen molar-refractivity contribution < 1.29 is 9.90 Å². The first-order chi connectivity index (χ1) is 7.87. The van der Waals surface area contributed by atoms with Gasteiger partial charge in [-0.3, -0.25) is 4.79 Å². The Labute approximate surface area is 106 Å². The Hall–Kier alpha value is -0.790. The number of carboxylic acids is 1. The number of hydrogen-bond acceptors (Lipinski definition) is 1. The summed E-state index contributed by atoms with van der Waals surface area (Å²) in [7, 11) is 0. The van der Waals surface area contributed by atoms with Crippen LogP contribution in [0, 0.1) is 11.3 Å². The van der Waals surface area contributed by atoms with Crippen molar-refractivity contribution in [2.45, 2.75) is 66.2 Å². The van der Waals surface area contributed by atoms with Crippen molar-refractivity contribution in [1.82, 2.24) is 0 Å². The number of carboxylic acid groups (broad SMARTS) is 1. The van der Waals surface area contributed by atoms with Crippen LogP contribution in [0.15, 0.2) is 12.2 Å². The number of unbranched alkanes of at least 4 members (excludes halogenated alkanes) is 3. The maximum atomic E-state index is 11.1. The molecule has 0 bridgehead atoms. The fourth-order valence-electron chi connectivity index (χ4n) is 1.90. The Kier molecular flexibility index (Phi) is 7.94. The summed E-state index contributed by atoms with van der Waals surface area (Å²) in [5, 5.41) is 9.14. The number of rotatable bonds is 8. The predicted octanol–water partition coefficient (Wildman–Crippen LogP) is 4.65. The normalized spacial score (nSPS) is 14.1. The molecule has 1 unspecified atom stereocenters. The van der Waals surface area contributed by atoms with Crippen LogP contribution in [0.2, 0.25) is 0 Å². The molecule has 0 spiro atoms. The first-order valence-electron chi connectivity index (χ1n) is 6.74. The van der Waals surface area contributed by atoms with Crippen LogP contribution in [0.3, 0.4) is 0 Å². The fourth-order valence-corrected chi connectivity index (χ4v) is 1.90. The maximum absolute atomic E-state index is 11.1. The van der Waals surface area contributed by atoms with E-state index in [1.54, 1.807) is 0 Å². The summed E-state index contributed by atoms with van der Waals surface area (Å²) < 4.78 is 0. The summed E-state index contributed by atoms with van der Waals surface area (Å²) in [5.41, 5.74) is 0.0824. The van der Waals surface area contributed by atoms with Gasteiger partial charge in [0.1, 0.15) is 0 Å². The Morgan fingerprint density at radius 3 is 2.35 bits per heavy atom. The zero-order valence-corrected chi connectivity index (χ0v) is 11.8. The number of carbonyl (C=O) groups is 1. The van der Waals surface area contributed by atoms with E-state index in [4.69, 9.17) is 5.11 Å². The predicted molar refractivity (Wildman–Crippen MR) is 73.1 cm³/mol. The minimum absolute atomic E-state index is 0.0824. The van der Waals surface area contributed by atoms with Gasteiger partial charge in [0.2, 0.25) is 0 Å². The molecule has 0 amide bonds. The standard InChI is InChI=1S/C15H28O2/c1-5-6-7-8-9-10-11-13(14(16)17)12-15(2,3)4/h9-10,13H,5-8,11-12H2,1-4H3,(H,16,17)/b10-9+. The van der Waals surface area contributed by atoms with Crippen molar-refractivity contribution in [3.8, 4) is 0 Å². The molecule has 0 aliphatic heterocycles. The Bertz CT molecular complexity index is 236. The van der Waals surface area contributed by atoms with Crippen LogP contribution in [-0.2, 0) is 4.79 Å². The van der Waals surface area contributed by atoms with Gasteiger partial charge in [0.05, 0.1) is 5.92 Å². The Balaban J connectivity index is 3.97. The van der Waals surface area contributed by atoms with Crippen LogP contribution in [0.1, 0.15) is 66.2 Å². The van der Waals surface area contributed by atoms with Gasteiger partial charge in [0.25, 0.3) is 0 Å². The largest absolute Gasteiger partial charge is 0.481 e. The molecule has 0 aliphatic carbocycles. The van der Waals surface area contributed by atoms with E-state index < -0.39 is 5.97 Å². The second-order valence-corrected chi connectivity index (χ2v) is 6.00. The molecule has 0 aromatic heterocycles. The summed E-state index contributed by atoms with van der Waals surface area (Å²) in [6.45, 7) is 8.46. The third kappa shape index (κ3) is 10.1. The van der Waals surface area contributed by atoms with Crippen LogP contribution in [0.5, 0.6) is 0 Å². The van der Waals surface area contributed by atoms with Gasteiger partial charge >= 0.3 is 5.97 Å². The van der Waals surface area contributed by atoms with E-state index in [-0.39, 0.29) is 11.3 Å². The van der Waals surface area contributed by atoms with Crippen molar-refractivity contribution >= 4 is 5.97 Å². The van der Waals surface area contributed by atoms with E-state index in [2.05, 4.69) is 33.8 Å². The molecule has 0 aromatic carbocycles. The zero-order valence-electron chi connectivity index (χ0n) is 11.8. The average Bonchev–Trinajstić information content (AvgIpc) is 2.19. The zero-order chi connectivity index (χ0) is 13.3. The molecule has 100 valence electrons. The topological polar surface area (TPSA) is 37.3 Å². The van der Waals surface area contributed by atoms with Crippen molar-refractivity contribution in [3.63, 3.8) is 0 Å². The minimum Gasteiger partial charge on any atom is -0.481 e. The molecule has 2 nitrogen and oxygen atoms in total. The van der Waals surface area contributed by atoms with Crippen molar-refractivity contribution in [2.24, 2.45) is 11.3 Å². The number of aliphatic carboxylic acids is 1. The van der Waals surface area contributed by atoms with Crippen molar-refractivity contribution in [1.29, 1.82) is 0 Å². The fraction of sp³-hybridized carbons (Fsp3) is 0.800. The van der Waals surface area contributed by atoms with Crippen LogP contribution in [0.25, 0.3) is 0 Å². The molecule has 0 radical (unpaired) electrons. The van der Waals surface area contributed by atoms with Gasteiger partial charge in [-0.1, -0.05) is 52.7 Å². The molecule has 0 aliphatic rings. The minimum atomic E-state index is -0.668. The Morgan fingerprint density at radius 1 is 1.24 bits per heavy atom. The molecular formula is C15H28O2. The molecule has 0 heterocycles. The summed E-state index contributed by atoms with van der Waals surface area (Å²) in [6, 6.07) is 0. The summed E-state index contributed by atoms with van der Waals surface area (Å²) >= 11 is 0. The first-order valence-corrected chi connectivity index (χ1v) is 6.74. The molecule has 0 aromatic rings. The van der Waals surface area contributed by atoms with Gasteiger partial charge in [-0.25, -0.2) is 0 Å². The van der Waals surface area contributed by atoms with Crippen molar-refractivity contribution in [3.05, 3.63) is 12.2 Å². The smallest absolute Gasteiger partial charge is 0.306 e. The van der Waals surface area contributed by atoms with E-state index >= 15 is 0 Å². The first kappa shape index (κ1) is 16.2. The lowest BCUT2D eigenvalue weighted by Gasteiger charge is -2.22. The van der Waals surface area contributed by atoms with E-state index in [0.29, 0.717) is 6.42 Å². The third-order valence-electron chi connectivity index (χ3n) is 2.77. The van der Waals surface area contributed by atoms with Crippen LogP contribution in [0.4, 0.5) is 0 Å². The monoisotopic (exact) mass is 240 g/mol. The van der Waals surface area contributed by atoms with E-state index in [1.807, 2.05) is 6.08 Å². The molecule has 0 fully saturated rings. The second kappa shape index (κ2) is 8.32. The molecule has 17 heavy (non-hydrogen) atoms. The van der Waals surface area contributed by atoms with E-state index in [1.165, 1.54) is 19.3 Å². The van der Waals surface area contributed by atoms with Crippen LogP contribution in [-0.4, -0.2) is 11.1 Å². The molecule has 0 saturated heterocycles. The van der Waals surface area contributed by atoms with Crippen LogP contribution >= 0.6 is 0 Å². The molecular weight excluding hydrogens is 212 g/mol. The maximum Gasteiger partial charge on any atom is 0.306 e. The number of hydrogen-bond donors (Lipinski definition) is 1. The average molecular weight is 240 g/mol. The SMILES string of the molecule is CCCCC/C=C/CC(CC(C)(C)C)C(=O)O. The van der Waals surface area contributed by atoms with Crippen LogP contribution < -0.4 is 0 Å². The molecule has 1 N–H and O–H groups in total. The van der Waals surface area contributed by atoms with Gasteiger partial charge in [0.15, 0.2) is 0 Å². The van der Waals surface area contributed by atoms with Gasteiger partial charge in [-0.05, 0) is 31.1 Å². The Morgan fingerprint density at radius 2 is 1.88 bits per heavy atom. The van der Waals surface area contributed by atoms with Gasteiger partial charge < -0.3 is 5.11 Å². The second-order valence-electron chi connectivity index (χ2n) is 6.00. The van der Waals surface area contributed by atoms with Crippen molar-refractivity contribution in [2.75, 3.05) is 0 Å². The van der Waals surface area contributed by atoms with Gasteiger partial charge in [-0.15, -0.1) is 0 Å². The quantitative estimate of drug-likeness (QED) is 0.495. The number of allylic oxidation sites excluding steroid dienone is 2.